The van der Waals surface area contributed by atoms with Crippen LogP contribution in [0, 0.1) is 12.7 Å². The van der Waals surface area contributed by atoms with Gasteiger partial charge in [-0.05, 0) is 38.4 Å². The SMILES string of the molecule is Cc1cc(N)c(F)cc1BOC(C)(C)C(C)(C)P. The topological polar surface area (TPSA) is 35.2 Å². The molecule has 100 valence electrons. The fourth-order valence-corrected chi connectivity index (χ4v) is 1.43. The number of anilines is 1. The van der Waals surface area contributed by atoms with Crippen LogP contribution in [0.5, 0.6) is 0 Å². The number of halogens is 1. The molecule has 0 heterocycles. The number of hydrogen-bond acceptors (Lipinski definition) is 2. The van der Waals surface area contributed by atoms with Crippen molar-refractivity contribution in [1.82, 2.24) is 0 Å². The quantitative estimate of drug-likeness (QED) is 0.516. The molecule has 0 bridgehead atoms. The molecular formula is C13H22BFNOP. The second kappa shape index (κ2) is 5.18. The predicted octanol–water partition coefficient (Wildman–Crippen LogP) is 2.14. The van der Waals surface area contributed by atoms with E-state index in [0.717, 1.165) is 11.0 Å². The highest BCUT2D eigenvalue weighted by molar-refractivity contribution is 7.19. The standard InChI is InChI=1S/C13H22BFNOP/c1-8-6-11(16)10(15)7-9(8)14-17-12(2,3)13(4,5)18/h6-7,14H,16,18H2,1-5H3. The number of rotatable bonds is 4. The number of hydrogen-bond donors (Lipinski definition) is 1. The van der Waals surface area contributed by atoms with Crippen LogP contribution in [0.4, 0.5) is 10.1 Å². The van der Waals surface area contributed by atoms with Gasteiger partial charge in [0.15, 0.2) is 0 Å². The third-order valence-electron chi connectivity index (χ3n) is 3.60. The van der Waals surface area contributed by atoms with Crippen molar-refractivity contribution in [3.63, 3.8) is 0 Å². The second-order valence-electron chi connectivity index (χ2n) is 5.82. The molecule has 1 aromatic rings. The summed E-state index contributed by atoms with van der Waals surface area (Å²) in [6.07, 6.45) is 0. The van der Waals surface area contributed by atoms with E-state index in [1.807, 2.05) is 20.8 Å². The molecule has 0 spiro atoms. The van der Waals surface area contributed by atoms with Crippen molar-refractivity contribution in [1.29, 1.82) is 0 Å². The highest BCUT2D eigenvalue weighted by Crippen LogP contribution is 2.33. The van der Waals surface area contributed by atoms with Crippen LogP contribution in [-0.2, 0) is 4.65 Å². The van der Waals surface area contributed by atoms with Gasteiger partial charge in [0.25, 0.3) is 0 Å². The summed E-state index contributed by atoms with van der Waals surface area (Å²) >= 11 is 0. The Kier molecular flexibility index (Phi) is 4.45. The molecule has 0 radical (unpaired) electrons. The van der Waals surface area contributed by atoms with Crippen LogP contribution in [0.3, 0.4) is 0 Å². The van der Waals surface area contributed by atoms with Gasteiger partial charge < -0.3 is 10.4 Å². The van der Waals surface area contributed by atoms with Crippen molar-refractivity contribution in [2.45, 2.75) is 45.4 Å². The Labute approximate surface area is 112 Å². The molecule has 1 aromatic carbocycles. The molecule has 5 heteroatoms. The van der Waals surface area contributed by atoms with Crippen LogP contribution >= 0.6 is 9.24 Å². The van der Waals surface area contributed by atoms with Crippen LogP contribution in [0.15, 0.2) is 12.1 Å². The molecule has 0 saturated carbocycles. The van der Waals surface area contributed by atoms with E-state index in [1.165, 1.54) is 6.07 Å². The zero-order valence-corrected chi connectivity index (χ0v) is 13.0. The van der Waals surface area contributed by atoms with E-state index >= 15 is 0 Å². The zero-order chi connectivity index (χ0) is 14.1. The summed E-state index contributed by atoms with van der Waals surface area (Å²) in [6, 6.07) is 3.10. The number of benzene rings is 1. The molecular weight excluding hydrogens is 247 g/mol. The average Bonchev–Trinajstić information content (AvgIpc) is 2.20. The predicted molar refractivity (Wildman–Crippen MR) is 81.3 cm³/mol. The van der Waals surface area contributed by atoms with Gasteiger partial charge >= 0.3 is 7.48 Å². The van der Waals surface area contributed by atoms with Crippen LogP contribution in [-0.4, -0.2) is 18.2 Å². The van der Waals surface area contributed by atoms with Gasteiger partial charge in [-0.25, -0.2) is 4.39 Å². The van der Waals surface area contributed by atoms with Crippen molar-refractivity contribution in [2.24, 2.45) is 0 Å². The van der Waals surface area contributed by atoms with E-state index in [1.54, 1.807) is 6.07 Å². The minimum atomic E-state index is -0.387. The minimum Gasteiger partial charge on any atom is -0.429 e. The molecule has 1 atom stereocenters. The number of nitrogens with two attached hydrogens (primary N) is 1. The number of nitrogen functional groups attached to an aromatic ring is 1. The molecule has 2 nitrogen and oxygen atoms in total. The van der Waals surface area contributed by atoms with Gasteiger partial charge in [-0.2, -0.15) is 0 Å². The van der Waals surface area contributed by atoms with Crippen LogP contribution in [0.25, 0.3) is 0 Å². The molecule has 0 fully saturated rings. The monoisotopic (exact) mass is 269 g/mol. The molecule has 0 aliphatic rings. The van der Waals surface area contributed by atoms with Gasteiger partial charge in [0, 0.05) is 5.16 Å². The van der Waals surface area contributed by atoms with Gasteiger partial charge in [-0.3, -0.25) is 0 Å². The summed E-state index contributed by atoms with van der Waals surface area (Å²) in [5.74, 6) is -0.387. The Morgan fingerprint density at radius 2 is 1.83 bits per heavy atom. The molecule has 0 amide bonds. The fourth-order valence-electron chi connectivity index (χ4n) is 1.34. The van der Waals surface area contributed by atoms with Crippen LogP contribution < -0.4 is 11.2 Å². The third-order valence-corrected chi connectivity index (χ3v) is 4.29. The van der Waals surface area contributed by atoms with Gasteiger partial charge in [0.1, 0.15) is 5.82 Å². The fraction of sp³-hybridized carbons (Fsp3) is 0.538. The Hall–Kier alpha value is -0.595. The second-order valence-corrected chi connectivity index (χ2v) is 7.26. The summed E-state index contributed by atoms with van der Waals surface area (Å²) in [4.78, 5) is 0. The van der Waals surface area contributed by atoms with E-state index in [2.05, 4.69) is 23.1 Å². The largest absolute Gasteiger partial charge is 0.429 e. The first-order valence-corrected chi connectivity index (χ1v) is 6.59. The van der Waals surface area contributed by atoms with E-state index in [0.29, 0.717) is 7.48 Å². The first kappa shape index (κ1) is 15.5. The van der Waals surface area contributed by atoms with E-state index in [9.17, 15) is 4.39 Å². The van der Waals surface area contributed by atoms with Crippen LogP contribution in [0.2, 0.25) is 0 Å². The Bertz CT molecular complexity index is 443. The van der Waals surface area contributed by atoms with E-state index in [4.69, 9.17) is 10.4 Å². The zero-order valence-electron chi connectivity index (χ0n) is 11.8. The minimum absolute atomic E-state index is 0.0622. The molecule has 0 aromatic heterocycles. The Balaban J connectivity index is 2.85. The van der Waals surface area contributed by atoms with Gasteiger partial charge in [-0.15, -0.1) is 9.24 Å². The highest BCUT2D eigenvalue weighted by atomic mass is 31.0. The Morgan fingerprint density at radius 1 is 1.28 bits per heavy atom. The van der Waals surface area contributed by atoms with Crippen molar-refractivity contribution in [3.8, 4) is 0 Å². The van der Waals surface area contributed by atoms with Crippen LogP contribution in [0.1, 0.15) is 33.3 Å². The van der Waals surface area contributed by atoms with Crippen molar-refractivity contribution < 1.29 is 9.04 Å². The maximum atomic E-state index is 13.4. The van der Waals surface area contributed by atoms with Gasteiger partial charge in [0.2, 0.25) is 0 Å². The lowest BCUT2D eigenvalue weighted by molar-refractivity contribution is 0.0840. The lowest BCUT2D eigenvalue weighted by atomic mass is 9.81. The first-order chi connectivity index (χ1) is 8.04. The lowest BCUT2D eigenvalue weighted by Crippen LogP contribution is -2.45. The smallest absolute Gasteiger partial charge is 0.309 e. The molecule has 18 heavy (non-hydrogen) atoms. The van der Waals surface area contributed by atoms with Crippen molar-refractivity contribution >= 4 is 27.9 Å². The highest BCUT2D eigenvalue weighted by Gasteiger charge is 2.33. The number of aryl methyl sites for hydroxylation is 1. The molecule has 2 N–H and O–H groups in total. The summed E-state index contributed by atoms with van der Waals surface area (Å²) in [5.41, 5.74) is 7.17. The first-order valence-electron chi connectivity index (χ1n) is 6.02. The average molecular weight is 269 g/mol. The summed E-state index contributed by atoms with van der Waals surface area (Å²) in [7, 11) is 3.16. The summed E-state index contributed by atoms with van der Waals surface area (Å²) in [5, 5.41) is -0.0622. The molecule has 0 aliphatic heterocycles. The molecule has 0 saturated heterocycles. The Morgan fingerprint density at radius 3 is 2.33 bits per heavy atom. The lowest BCUT2D eigenvalue weighted by Gasteiger charge is -2.39. The normalized spacial score (nSPS) is 12.6. The molecule has 0 aliphatic carbocycles. The maximum Gasteiger partial charge on any atom is 0.309 e. The molecule has 1 unspecified atom stereocenters. The van der Waals surface area contributed by atoms with Crippen molar-refractivity contribution in [3.05, 3.63) is 23.5 Å². The summed E-state index contributed by atoms with van der Waals surface area (Å²) in [6.45, 7) is 10.2. The van der Waals surface area contributed by atoms with E-state index < -0.39 is 0 Å². The van der Waals surface area contributed by atoms with Crippen molar-refractivity contribution in [2.75, 3.05) is 5.73 Å². The van der Waals surface area contributed by atoms with Gasteiger partial charge in [-0.1, -0.05) is 19.4 Å². The van der Waals surface area contributed by atoms with Gasteiger partial charge in [0.05, 0.1) is 11.3 Å². The third kappa shape index (κ3) is 3.46. The molecule has 1 rings (SSSR count). The van der Waals surface area contributed by atoms with E-state index in [-0.39, 0.29) is 22.3 Å². The summed E-state index contributed by atoms with van der Waals surface area (Å²) < 4.78 is 19.4. The maximum absolute atomic E-state index is 13.4.